The van der Waals surface area contributed by atoms with Gasteiger partial charge in [0.1, 0.15) is 19.3 Å². The monoisotopic (exact) mass is 447 g/mol. The molecule has 1 aliphatic heterocycles. The molecule has 3 aromatic carbocycles. The molecule has 0 amide bonds. The Hall–Kier alpha value is -2.74. The van der Waals surface area contributed by atoms with Gasteiger partial charge in [0, 0.05) is 11.1 Å². The van der Waals surface area contributed by atoms with Gasteiger partial charge in [0.05, 0.1) is 11.1 Å². The Labute approximate surface area is 205 Å². The van der Waals surface area contributed by atoms with Crippen LogP contribution in [0.15, 0.2) is 36.4 Å². The molecule has 34 heavy (non-hydrogen) atoms. The molecule has 0 radical (unpaired) electrons. The van der Waals surface area contributed by atoms with Gasteiger partial charge in [0.25, 0.3) is 0 Å². The lowest BCUT2D eigenvalue weighted by Crippen LogP contribution is -2.31. The van der Waals surface area contributed by atoms with Crippen LogP contribution in [0.25, 0.3) is 32.8 Å². The normalized spacial score (nSPS) is 13.3. The highest BCUT2D eigenvalue weighted by atomic mass is 16.5. The number of nitrogens with zero attached hydrogens (tertiary/aromatic N) is 1. The summed E-state index contributed by atoms with van der Waals surface area (Å²) in [6.45, 7) is 16.0. The Morgan fingerprint density at radius 1 is 0.853 bits per heavy atom. The second-order valence-electron chi connectivity index (χ2n) is 12.7. The molecule has 5 rings (SSSR count). The molecule has 2 nitrogen and oxygen atoms in total. The summed E-state index contributed by atoms with van der Waals surface area (Å²) in [4.78, 5) is 5.16. The van der Waals surface area contributed by atoms with Gasteiger partial charge in [-0.05, 0) is 70.0 Å². The van der Waals surface area contributed by atoms with E-state index in [0.29, 0.717) is 0 Å². The fraction of sp³-hybridized carbons (Fsp3) is 0.367. The maximum Gasteiger partial charge on any atom is 0.163 e. The van der Waals surface area contributed by atoms with Gasteiger partial charge >= 0.3 is 0 Å². The topological polar surface area (TPSA) is 22.1 Å². The predicted molar refractivity (Wildman–Crippen MR) is 152 cm³/mol. The summed E-state index contributed by atoms with van der Waals surface area (Å²) in [7, 11) is 4.33. The van der Waals surface area contributed by atoms with Crippen molar-refractivity contribution in [2.75, 3.05) is 0 Å². The van der Waals surface area contributed by atoms with Gasteiger partial charge in [-0.1, -0.05) is 76.8 Å². The van der Waals surface area contributed by atoms with Gasteiger partial charge < -0.3 is 4.74 Å². The molecule has 1 aliphatic rings. The molecule has 0 atom stereocenters. The molecule has 0 N–H and O–H groups in total. The number of ether oxygens (including phenoxy) is 1. The fourth-order valence-electron chi connectivity index (χ4n) is 5.40. The molecule has 0 aliphatic carbocycles. The van der Waals surface area contributed by atoms with Gasteiger partial charge in [0.2, 0.25) is 0 Å². The van der Waals surface area contributed by atoms with Crippen molar-refractivity contribution in [2.24, 2.45) is 10.8 Å². The Morgan fingerprint density at radius 2 is 1.56 bits per heavy atom. The quantitative estimate of drug-likeness (QED) is 0.349. The molecule has 2 heterocycles. The smallest absolute Gasteiger partial charge is 0.163 e. The van der Waals surface area contributed by atoms with Crippen molar-refractivity contribution < 1.29 is 4.74 Å². The molecule has 0 saturated carbocycles. The van der Waals surface area contributed by atoms with Crippen LogP contribution in [0.2, 0.25) is 0 Å². The average molecular weight is 447 g/mol. The van der Waals surface area contributed by atoms with Gasteiger partial charge in [0.15, 0.2) is 7.85 Å². The van der Waals surface area contributed by atoms with Gasteiger partial charge in [-0.25, -0.2) is 0 Å². The Bertz CT molecular complexity index is 1470. The van der Waals surface area contributed by atoms with Gasteiger partial charge in [-0.3, -0.25) is 4.98 Å². The molecule has 4 heteroatoms. The van der Waals surface area contributed by atoms with E-state index in [1.54, 1.807) is 0 Å². The highest BCUT2D eigenvalue weighted by Gasteiger charge is 2.29. The number of aryl methyl sites for hydroxylation is 1. The van der Waals surface area contributed by atoms with Crippen LogP contribution in [0, 0.1) is 17.8 Å². The number of rotatable bonds is 2. The van der Waals surface area contributed by atoms with E-state index in [2.05, 4.69) is 101 Å². The average Bonchev–Trinajstić information content (AvgIpc) is 2.69. The van der Waals surface area contributed by atoms with E-state index in [1.165, 1.54) is 38.3 Å². The summed E-state index contributed by atoms with van der Waals surface area (Å²) in [5.74, 6) is 1.94. The van der Waals surface area contributed by atoms with E-state index in [1.807, 2.05) is 0 Å². The summed E-state index contributed by atoms with van der Waals surface area (Å²) in [6.07, 6.45) is 1.95. The van der Waals surface area contributed by atoms with Crippen LogP contribution in [0.5, 0.6) is 11.5 Å². The molecule has 4 aromatic rings. The van der Waals surface area contributed by atoms with E-state index >= 15 is 0 Å². The Morgan fingerprint density at radius 3 is 2.24 bits per heavy atom. The zero-order chi connectivity index (χ0) is 24.6. The SMILES string of the molecule is Bc1nc2c3c(cc(CC(C)(C)C)cc3c1B)Oc1c-2cc2cc(C)ccc2c1CC(C)(C)C. The maximum absolute atomic E-state index is 6.87. The number of pyridine rings is 1. The Balaban J connectivity index is 1.87. The van der Waals surface area contributed by atoms with E-state index in [-0.39, 0.29) is 10.8 Å². The minimum Gasteiger partial charge on any atom is -0.456 e. The number of benzene rings is 3. The highest BCUT2D eigenvalue weighted by Crippen LogP contribution is 2.50. The molecular formula is C30H35B2NO. The zero-order valence-corrected chi connectivity index (χ0v) is 22.2. The third-order valence-electron chi connectivity index (χ3n) is 6.88. The van der Waals surface area contributed by atoms with Crippen LogP contribution >= 0.6 is 0 Å². The predicted octanol–water partition coefficient (Wildman–Crippen LogP) is 5.16. The third kappa shape index (κ3) is 4.02. The van der Waals surface area contributed by atoms with Crippen LogP contribution < -0.4 is 15.8 Å². The summed E-state index contributed by atoms with van der Waals surface area (Å²) < 4.78 is 6.87. The number of hydrogen-bond donors (Lipinski definition) is 0. The summed E-state index contributed by atoms with van der Waals surface area (Å²) in [6, 6.07) is 13.7. The van der Waals surface area contributed by atoms with E-state index in [4.69, 9.17) is 9.72 Å². The van der Waals surface area contributed by atoms with Crippen LogP contribution in [-0.4, -0.2) is 20.7 Å². The molecule has 0 unspecified atom stereocenters. The molecule has 0 fully saturated rings. The van der Waals surface area contributed by atoms with E-state index in [0.717, 1.165) is 46.6 Å². The first-order chi connectivity index (χ1) is 15.8. The molecule has 0 spiro atoms. The zero-order valence-electron chi connectivity index (χ0n) is 22.2. The lowest BCUT2D eigenvalue weighted by atomic mass is 9.78. The molecule has 1 aromatic heterocycles. The van der Waals surface area contributed by atoms with Crippen molar-refractivity contribution >= 4 is 48.3 Å². The van der Waals surface area contributed by atoms with E-state index < -0.39 is 0 Å². The molecule has 172 valence electrons. The van der Waals surface area contributed by atoms with Crippen LogP contribution in [0.1, 0.15) is 58.2 Å². The summed E-state index contributed by atoms with van der Waals surface area (Å²) in [5, 5.41) is 4.98. The lowest BCUT2D eigenvalue weighted by Gasteiger charge is -2.29. The molecular weight excluding hydrogens is 412 g/mol. The van der Waals surface area contributed by atoms with Crippen molar-refractivity contribution in [3.05, 3.63) is 53.1 Å². The minimum atomic E-state index is 0.136. The van der Waals surface area contributed by atoms with Crippen molar-refractivity contribution in [3.8, 4) is 22.8 Å². The lowest BCUT2D eigenvalue weighted by molar-refractivity contribution is 0.398. The Kier molecular flexibility index (Phi) is 5.17. The number of hydrogen-bond acceptors (Lipinski definition) is 2. The fourth-order valence-corrected chi connectivity index (χ4v) is 5.40. The van der Waals surface area contributed by atoms with Crippen LogP contribution in [-0.2, 0) is 12.8 Å². The van der Waals surface area contributed by atoms with Crippen molar-refractivity contribution in [1.82, 2.24) is 4.98 Å². The first-order valence-electron chi connectivity index (χ1n) is 12.5. The largest absolute Gasteiger partial charge is 0.456 e. The van der Waals surface area contributed by atoms with E-state index in [9.17, 15) is 0 Å². The maximum atomic E-state index is 6.87. The van der Waals surface area contributed by atoms with Gasteiger partial charge in [-0.2, -0.15) is 0 Å². The standard InChI is InChI=1S/C30H35B2NO/c1-16-8-9-19-18(10-16)13-21-26-24-20(25(31)28(32)33-26)11-17(14-29(2,3)4)12-23(24)34-27(21)22(19)15-30(5,6)7/h8-13H,14-15,31-32H2,1-7H3. The summed E-state index contributed by atoms with van der Waals surface area (Å²) >= 11 is 0. The third-order valence-corrected chi connectivity index (χ3v) is 6.88. The van der Waals surface area contributed by atoms with Crippen LogP contribution in [0.4, 0.5) is 0 Å². The highest BCUT2D eigenvalue weighted by molar-refractivity contribution is 6.52. The van der Waals surface area contributed by atoms with Crippen molar-refractivity contribution in [1.29, 1.82) is 0 Å². The first kappa shape index (κ1) is 23.0. The second-order valence-corrected chi connectivity index (χ2v) is 12.7. The molecule has 0 saturated heterocycles. The van der Waals surface area contributed by atoms with Crippen molar-refractivity contribution in [2.45, 2.75) is 61.3 Å². The second kappa shape index (κ2) is 7.63. The molecule has 0 bridgehead atoms. The number of aromatic nitrogens is 1. The summed E-state index contributed by atoms with van der Waals surface area (Å²) in [5.41, 5.74) is 8.76. The number of fused-ring (bicyclic) bond motifs is 3. The first-order valence-corrected chi connectivity index (χ1v) is 12.5. The minimum absolute atomic E-state index is 0.136. The van der Waals surface area contributed by atoms with Gasteiger partial charge in [-0.15, -0.1) is 0 Å². The van der Waals surface area contributed by atoms with Crippen LogP contribution in [0.3, 0.4) is 0 Å². The van der Waals surface area contributed by atoms with Crippen molar-refractivity contribution in [3.63, 3.8) is 0 Å².